The highest BCUT2D eigenvalue weighted by Crippen LogP contribution is 2.20. The predicted molar refractivity (Wildman–Crippen MR) is 111 cm³/mol. The second-order valence-electron chi connectivity index (χ2n) is 7.10. The fraction of sp³-hybridized carbons (Fsp3) is 0.500. The summed E-state index contributed by atoms with van der Waals surface area (Å²) in [7, 11) is -1.99. The van der Waals surface area contributed by atoms with Crippen LogP contribution in [0.5, 0.6) is 0 Å². The number of carbonyl (C=O) groups excluding carboxylic acids is 1. The zero-order valence-corrected chi connectivity index (χ0v) is 17.8. The summed E-state index contributed by atoms with van der Waals surface area (Å²) in [4.78, 5) is 25.6. The van der Waals surface area contributed by atoms with Crippen LogP contribution in [0.25, 0.3) is 10.9 Å². The number of aromatic nitrogens is 1. The van der Waals surface area contributed by atoms with Crippen molar-refractivity contribution < 1.29 is 17.9 Å². The molecule has 0 spiro atoms. The molecule has 0 aliphatic carbocycles. The number of ether oxygens (including phenoxy) is 1. The van der Waals surface area contributed by atoms with Gasteiger partial charge in [-0.15, -0.1) is 0 Å². The monoisotopic (exact) mass is 421 g/mol. The average molecular weight is 422 g/mol. The summed E-state index contributed by atoms with van der Waals surface area (Å²) in [6, 6.07) is 4.45. The van der Waals surface area contributed by atoms with Gasteiger partial charge >= 0.3 is 0 Å². The number of nitrogens with one attached hydrogen (secondary N) is 1. The van der Waals surface area contributed by atoms with E-state index in [9.17, 15) is 18.0 Å². The first kappa shape index (κ1) is 21.5. The van der Waals surface area contributed by atoms with Crippen LogP contribution in [0.15, 0.2) is 34.1 Å². The van der Waals surface area contributed by atoms with Crippen LogP contribution in [0.2, 0.25) is 0 Å². The molecule has 1 aromatic heterocycles. The second-order valence-corrected chi connectivity index (χ2v) is 9.03. The number of aryl methyl sites for hydroxylation is 1. The molecule has 1 atom stereocenters. The number of hydrogen-bond donors (Lipinski definition) is 1. The predicted octanol–water partition coefficient (Wildman–Crippen LogP) is 1.48. The molecular weight excluding hydrogens is 394 g/mol. The summed E-state index contributed by atoms with van der Waals surface area (Å²) >= 11 is 0. The number of nitrogens with zero attached hydrogens (tertiary/aromatic N) is 2. The molecular formula is C20H27N3O5S. The normalized spacial score (nSPS) is 17.2. The minimum absolute atomic E-state index is 0.0182. The maximum absolute atomic E-state index is 13.0. The first-order valence-corrected chi connectivity index (χ1v) is 11.3. The van der Waals surface area contributed by atoms with Crippen LogP contribution in [0.4, 0.5) is 0 Å². The highest BCUT2D eigenvalue weighted by atomic mass is 32.2. The minimum atomic E-state index is -3.71. The van der Waals surface area contributed by atoms with Gasteiger partial charge in [-0.1, -0.05) is 13.8 Å². The SMILES string of the molecule is CCN(CC)S(=O)(=O)c1ccc2c(c1)c(=O)c(C(=O)NC[C@@H]1CCCO1)cn2C. The number of sulfonamides is 1. The number of benzene rings is 1. The number of pyridine rings is 1. The van der Waals surface area contributed by atoms with Gasteiger partial charge in [0.2, 0.25) is 15.5 Å². The highest BCUT2D eigenvalue weighted by molar-refractivity contribution is 7.89. The third-order valence-electron chi connectivity index (χ3n) is 5.26. The molecule has 0 unspecified atom stereocenters. The Morgan fingerprint density at radius 3 is 2.66 bits per heavy atom. The molecule has 1 aliphatic rings. The van der Waals surface area contributed by atoms with E-state index >= 15 is 0 Å². The number of fused-ring (bicyclic) bond motifs is 1. The lowest BCUT2D eigenvalue weighted by Gasteiger charge is -2.19. The number of amides is 1. The largest absolute Gasteiger partial charge is 0.376 e. The van der Waals surface area contributed by atoms with Crippen LogP contribution in [-0.2, 0) is 21.8 Å². The molecule has 8 nitrogen and oxygen atoms in total. The molecule has 29 heavy (non-hydrogen) atoms. The molecule has 1 N–H and O–H groups in total. The van der Waals surface area contributed by atoms with Crippen molar-refractivity contribution in [3.8, 4) is 0 Å². The highest BCUT2D eigenvalue weighted by Gasteiger charge is 2.24. The molecule has 3 rings (SSSR count). The van der Waals surface area contributed by atoms with Crippen LogP contribution in [0, 0.1) is 0 Å². The quantitative estimate of drug-likeness (QED) is 0.730. The van der Waals surface area contributed by atoms with Crippen LogP contribution in [0.3, 0.4) is 0 Å². The van der Waals surface area contributed by atoms with Gasteiger partial charge in [0, 0.05) is 44.9 Å². The lowest BCUT2D eigenvalue weighted by Crippen LogP contribution is -2.35. The molecule has 0 bridgehead atoms. The molecule has 0 saturated carbocycles. The van der Waals surface area contributed by atoms with E-state index in [2.05, 4.69) is 5.32 Å². The summed E-state index contributed by atoms with van der Waals surface area (Å²) in [5.41, 5.74) is 0.0547. The number of carbonyl (C=O) groups is 1. The van der Waals surface area contributed by atoms with E-state index in [4.69, 9.17) is 4.74 Å². The summed E-state index contributed by atoms with van der Waals surface area (Å²) in [5.74, 6) is -0.486. The molecule has 2 heterocycles. The lowest BCUT2D eigenvalue weighted by atomic mass is 10.1. The third-order valence-corrected chi connectivity index (χ3v) is 7.31. The van der Waals surface area contributed by atoms with E-state index in [1.54, 1.807) is 31.5 Å². The van der Waals surface area contributed by atoms with Crippen molar-refractivity contribution in [1.82, 2.24) is 14.2 Å². The van der Waals surface area contributed by atoms with E-state index in [0.29, 0.717) is 31.8 Å². The zero-order chi connectivity index (χ0) is 21.2. The Labute approximate surface area is 170 Å². The van der Waals surface area contributed by atoms with Crippen molar-refractivity contribution >= 4 is 26.8 Å². The van der Waals surface area contributed by atoms with Crippen LogP contribution >= 0.6 is 0 Å². The van der Waals surface area contributed by atoms with E-state index in [1.165, 1.54) is 22.6 Å². The second kappa shape index (κ2) is 8.64. The first-order chi connectivity index (χ1) is 13.8. The van der Waals surface area contributed by atoms with Crippen LogP contribution in [-0.4, -0.2) is 55.5 Å². The average Bonchev–Trinajstić information content (AvgIpc) is 3.23. The Hall–Kier alpha value is -2.23. The lowest BCUT2D eigenvalue weighted by molar-refractivity contribution is 0.0856. The summed E-state index contributed by atoms with van der Waals surface area (Å²) in [6.45, 7) is 5.22. The Morgan fingerprint density at radius 1 is 1.31 bits per heavy atom. The molecule has 1 fully saturated rings. The van der Waals surface area contributed by atoms with E-state index < -0.39 is 21.4 Å². The number of rotatable bonds is 7. The third kappa shape index (κ3) is 4.22. The van der Waals surface area contributed by atoms with Gasteiger partial charge in [-0.2, -0.15) is 4.31 Å². The smallest absolute Gasteiger partial charge is 0.256 e. The molecule has 9 heteroatoms. The molecule has 2 aromatic rings. The van der Waals surface area contributed by atoms with Gasteiger partial charge in [0.25, 0.3) is 5.91 Å². The van der Waals surface area contributed by atoms with Gasteiger partial charge in [-0.05, 0) is 31.0 Å². The van der Waals surface area contributed by atoms with Crippen molar-refractivity contribution in [2.75, 3.05) is 26.2 Å². The minimum Gasteiger partial charge on any atom is -0.376 e. The number of hydrogen-bond acceptors (Lipinski definition) is 5. The van der Waals surface area contributed by atoms with E-state index in [1.807, 2.05) is 0 Å². The van der Waals surface area contributed by atoms with Crippen LogP contribution < -0.4 is 10.7 Å². The Kier molecular flexibility index (Phi) is 6.40. The topological polar surface area (TPSA) is 97.7 Å². The molecule has 1 aliphatic heterocycles. The van der Waals surface area contributed by atoms with Crippen molar-refractivity contribution in [3.63, 3.8) is 0 Å². The van der Waals surface area contributed by atoms with Gasteiger partial charge in [0.05, 0.1) is 16.5 Å². The van der Waals surface area contributed by atoms with Gasteiger partial charge in [-0.25, -0.2) is 8.42 Å². The van der Waals surface area contributed by atoms with Gasteiger partial charge < -0.3 is 14.6 Å². The molecule has 1 aromatic carbocycles. The maximum Gasteiger partial charge on any atom is 0.256 e. The molecule has 1 saturated heterocycles. The molecule has 158 valence electrons. The first-order valence-electron chi connectivity index (χ1n) is 9.83. The van der Waals surface area contributed by atoms with Gasteiger partial charge in [0.15, 0.2) is 0 Å². The fourth-order valence-electron chi connectivity index (χ4n) is 3.61. The van der Waals surface area contributed by atoms with Gasteiger partial charge in [-0.3, -0.25) is 9.59 Å². The Balaban J connectivity index is 2.00. The van der Waals surface area contributed by atoms with E-state index in [-0.39, 0.29) is 21.9 Å². The van der Waals surface area contributed by atoms with Crippen LogP contribution in [0.1, 0.15) is 37.0 Å². The Morgan fingerprint density at radius 2 is 2.03 bits per heavy atom. The summed E-state index contributed by atoms with van der Waals surface area (Å²) in [6.07, 6.45) is 3.28. The molecule has 1 amide bonds. The van der Waals surface area contributed by atoms with Crippen molar-refractivity contribution in [2.24, 2.45) is 7.05 Å². The molecule has 0 radical (unpaired) electrons. The summed E-state index contributed by atoms with van der Waals surface area (Å²) < 4.78 is 34.1. The van der Waals surface area contributed by atoms with Crippen molar-refractivity contribution in [1.29, 1.82) is 0 Å². The Bertz CT molecular complexity index is 1070. The maximum atomic E-state index is 13.0. The van der Waals surface area contributed by atoms with Crippen molar-refractivity contribution in [3.05, 3.63) is 40.2 Å². The van der Waals surface area contributed by atoms with E-state index in [0.717, 1.165) is 12.8 Å². The van der Waals surface area contributed by atoms with Gasteiger partial charge in [0.1, 0.15) is 5.56 Å². The van der Waals surface area contributed by atoms with Crippen molar-refractivity contribution in [2.45, 2.75) is 37.7 Å². The summed E-state index contributed by atoms with van der Waals surface area (Å²) in [5, 5.41) is 2.95. The fourth-order valence-corrected chi connectivity index (χ4v) is 5.10. The standard InChI is InChI=1S/C20H27N3O5S/c1-4-23(5-2)29(26,27)15-8-9-18-16(11-15)19(24)17(13-22(18)3)20(25)21-12-14-7-6-10-28-14/h8-9,11,13-14H,4-7,10,12H2,1-3H3,(H,21,25)/t14-/m0/s1. The zero-order valence-electron chi connectivity index (χ0n) is 17.0.